The number of nitrogens with two attached hydrogens (primary N) is 6. The number of aromatic amines is 1. The van der Waals surface area contributed by atoms with Gasteiger partial charge in [0.15, 0.2) is 5.96 Å². The topological polar surface area (TPSA) is 801 Å². The Kier molecular flexibility index (Phi) is 45.0. The minimum Gasteiger partial charge on any atom is -0.508 e. The molecule has 32 N–H and O–H groups in total. The summed E-state index contributed by atoms with van der Waals surface area (Å²) in [4.78, 5) is 283. The number of aromatic hydroxyl groups is 1. The number of aliphatic hydroxyl groups is 1. The van der Waals surface area contributed by atoms with Crippen LogP contribution in [0.25, 0.3) is 10.9 Å². The van der Waals surface area contributed by atoms with E-state index in [1.165, 1.54) is 35.4 Å². The molecule has 48 heteroatoms. The molecule has 15 atom stereocenters. The molecule has 0 spiro atoms. The Balaban J connectivity index is 1.25. The second kappa shape index (κ2) is 55.4. The predicted octanol–water partition coefficient (Wildman–Crippen LogP) is -5.66. The SMILES string of the molecule is CC(C)C[C@H](NC(=O)[C@H](CCC(=O)O)NC(=O)[C@H](CCCNC(=N)N)NC(=O)[C@H](CCC(N)=O)NC(=O)[C@H](CO)NC(=O)[C@@H](N)Cc1ccc(O)cc1)C(=O)N[C@@H](Cc1ccccc1)C(=O)N[C@@H](CCC(=O)O)C(=O)N1CCC[C@H]1C(=O)N[C@@H](Cc1c[nH]c2ccccc12)C(=O)N[C@@H](CC(N)=O)C(=O)N[C@@H](CC(N)=O)C(=O)N[C@@H](CC(C)C)C(=O)N1CCC[C@H]1C(=O)N[C@@H](CCCCN)C(=O)O. The predicted molar refractivity (Wildman–Crippen MR) is 490 cm³/mol. The fourth-order valence-corrected chi connectivity index (χ4v) is 15.6. The van der Waals surface area contributed by atoms with Crippen LogP contribution in [0.1, 0.15) is 166 Å². The van der Waals surface area contributed by atoms with Crippen molar-refractivity contribution in [3.8, 4) is 5.75 Å². The average molecular weight is 1920 g/mol. The van der Waals surface area contributed by atoms with E-state index in [0.29, 0.717) is 46.9 Å². The van der Waals surface area contributed by atoms with Crippen molar-refractivity contribution in [1.82, 2.24) is 83.9 Å². The number of nitrogens with one attached hydrogen (secondary N) is 15. The van der Waals surface area contributed by atoms with Gasteiger partial charge in [-0.2, -0.15) is 0 Å². The molecule has 2 fully saturated rings. The molecule has 0 aliphatic carbocycles. The molecule has 3 heterocycles. The number of phenols is 1. The van der Waals surface area contributed by atoms with Crippen LogP contribution in [0.3, 0.4) is 0 Å². The lowest BCUT2D eigenvalue weighted by molar-refractivity contribution is -0.145. The standard InChI is InChI=1S/C89H129N23O25/c1-46(2)37-60(104-77(125)57(28-31-72(118)119)100-75(123)55(20-12-34-97-89(95)96)99-76(124)56(27-30-69(92)115)101-83(131)66(45-113)110-74(122)53(91)39-49-23-25-51(114)26-24-49)78(126)105-61(40-48-15-6-5-7-16-48)79(127)102-58(29-32-73(120)121)86(134)111-35-13-22-68(111)85(133)108-62(41-50-44-98-54-18-9-8-17-52(50)54)80(128)106-63(42-70(93)116)81(129)107-64(43-71(94)117)82(130)109-65(38-47(3)4)87(135)112-36-14-21-67(112)84(132)103-59(88(136)137)19-10-11-33-90/h5-9,15-18,23-26,44,46-47,53,55-68,98,113-114H,10-14,19-22,27-43,45,90-91H2,1-4H3,(H2,92,115)(H2,93,116)(H2,94,117)(H,99,124)(H,100,123)(H,101,131)(H,102,127)(H,103,132)(H,104,125)(H,105,126)(H,106,128)(H,107,129)(H,108,133)(H,109,130)(H,110,122)(H,118,119)(H,120,121)(H,136,137)(H4,95,96,97)/t53-,55-,56-,57-,58-,59-,60-,61-,62-,63-,64-,65-,66-,67-,68-/m0/s1. The highest BCUT2D eigenvalue weighted by atomic mass is 16.4. The third-order valence-corrected chi connectivity index (χ3v) is 22.6. The molecule has 2 aliphatic heterocycles. The van der Waals surface area contributed by atoms with Gasteiger partial charge in [0.25, 0.3) is 0 Å². The number of carbonyl (C=O) groups excluding carboxylic acids is 17. The van der Waals surface area contributed by atoms with Crippen molar-refractivity contribution in [2.75, 3.05) is 32.8 Å². The Morgan fingerprint density at radius 2 is 0.839 bits per heavy atom. The zero-order valence-corrected chi connectivity index (χ0v) is 76.7. The Labute approximate surface area is 788 Å². The Morgan fingerprint density at radius 3 is 1.34 bits per heavy atom. The zero-order chi connectivity index (χ0) is 101. The summed E-state index contributed by atoms with van der Waals surface area (Å²) in [6.45, 7) is 5.64. The lowest BCUT2D eigenvalue weighted by Crippen LogP contribution is -2.61. The first-order valence-electron chi connectivity index (χ1n) is 45.1. The van der Waals surface area contributed by atoms with Gasteiger partial charge in [-0.15, -0.1) is 0 Å². The number of H-pyrrole nitrogens is 1. The van der Waals surface area contributed by atoms with Gasteiger partial charge in [-0.1, -0.05) is 88.4 Å². The number of aliphatic hydroxyl groups excluding tert-OH is 1. The van der Waals surface area contributed by atoms with Crippen LogP contribution in [-0.4, -0.2) is 288 Å². The van der Waals surface area contributed by atoms with E-state index in [-0.39, 0.29) is 102 Å². The molecule has 48 nitrogen and oxygen atoms in total. The quantitative estimate of drug-likeness (QED) is 0.0111. The number of hydrogen-bond acceptors (Lipinski definition) is 25. The van der Waals surface area contributed by atoms with Crippen molar-refractivity contribution in [2.45, 2.75) is 260 Å². The second-order valence-electron chi connectivity index (χ2n) is 34.6. The first kappa shape index (κ1) is 111. The number of rotatable bonds is 59. The van der Waals surface area contributed by atoms with Crippen molar-refractivity contribution in [1.29, 1.82) is 5.41 Å². The molecule has 17 amide bonds. The Bertz CT molecular complexity index is 4920. The first-order valence-corrected chi connectivity index (χ1v) is 45.1. The van der Waals surface area contributed by atoms with Crippen LogP contribution in [0.4, 0.5) is 0 Å². The van der Waals surface area contributed by atoms with E-state index in [1.54, 1.807) is 82.3 Å². The van der Waals surface area contributed by atoms with Gasteiger partial charge in [0.2, 0.25) is 100 Å². The van der Waals surface area contributed by atoms with Crippen LogP contribution in [0, 0.1) is 17.2 Å². The van der Waals surface area contributed by atoms with Gasteiger partial charge in [0.1, 0.15) is 90.3 Å². The molecule has 0 saturated carbocycles. The third kappa shape index (κ3) is 37.0. The first-order chi connectivity index (χ1) is 64.9. The fraction of sp³-hybridized carbons (Fsp3) is 0.539. The lowest BCUT2D eigenvalue weighted by atomic mass is 9.99. The smallest absolute Gasteiger partial charge is 0.326 e. The number of carboxylic acid groups (broad SMARTS) is 3. The monoisotopic (exact) mass is 1920 g/mol. The number of aliphatic carboxylic acids is 3. The normalized spacial score (nSPS) is 16.3. The Hall–Kier alpha value is -14.4. The number of hydrogen-bond donors (Lipinski definition) is 26. The van der Waals surface area contributed by atoms with Crippen LogP contribution >= 0.6 is 0 Å². The molecule has 4 aromatic rings. The highest BCUT2D eigenvalue weighted by Crippen LogP contribution is 2.26. The maximum atomic E-state index is 15.3. The highest BCUT2D eigenvalue weighted by molar-refractivity contribution is 6.03. The van der Waals surface area contributed by atoms with Crippen LogP contribution in [-0.2, 0) is 115 Å². The number of benzene rings is 3. The number of para-hydroxylation sites is 1. The van der Waals surface area contributed by atoms with Crippen molar-refractivity contribution in [2.24, 2.45) is 46.2 Å². The van der Waals surface area contributed by atoms with Crippen molar-refractivity contribution in [3.05, 3.63) is 102 Å². The average Bonchev–Trinajstić information content (AvgIpc) is 1.70. The van der Waals surface area contributed by atoms with Crippen molar-refractivity contribution < 1.29 is 121 Å². The van der Waals surface area contributed by atoms with E-state index in [1.807, 2.05) is 0 Å². The number of nitrogens with zero attached hydrogens (tertiary/aromatic N) is 2. The van der Waals surface area contributed by atoms with Crippen LogP contribution < -0.4 is 104 Å². The Morgan fingerprint density at radius 1 is 0.431 bits per heavy atom. The maximum Gasteiger partial charge on any atom is 0.326 e. The second-order valence-corrected chi connectivity index (χ2v) is 34.6. The fourth-order valence-electron chi connectivity index (χ4n) is 15.6. The molecule has 0 unspecified atom stereocenters. The van der Waals surface area contributed by atoms with E-state index in [0.717, 1.165) is 4.90 Å². The largest absolute Gasteiger partial charge is 0.508 e. The number of fused-ring (bicyclic) bond motifs is 1. The van der Waals surface area contributed by atoms with Gasteiger partial charge in [-0.3, -0.25) is 96.5 Å². The maximum absolute atomic E-state index is 15.3. The van der Waals surface area contributed by atoms with Gasteiger partial charge in [0.05, 0.1) is 25.5 Å². The van der Waals surface area contributed by atoms with E-state index >= 15 is 24.0 Å². The van der Waals surface area contributed by atoms with Crippen LogP contribution in [0.2, 0.25) is 0 Å². The summed E-state index contributed by atoms with van der Waals surface area (Å²) in [5.41, 5.74) is 35.8. The molecule has 2 saturated heterocycles. The summed E-state index contributed by atoms with van der Waals surface area (Å²) < 4.78 is 0. The van der Waals surface area contributed by atoms with Crippen molar-refractivity contribution >= 4 is 135 Å². The molecule has 3 aromatic carbocycles. The highest BCUT2D eigenvalue weighted by Gasteiger charge is 2.45. The molecule has 2 aliphatic rings. The molecular weight excluding hydrogens is 1790 g/mol. The summed E-state index contributed by atoms with van der Waals surface area (Å²) in [6, 6.07) is -4.27. The van der Waals surface area contributed by atoms with Gasteiger partial charge in [0, 0.05) is 68.8 Å². The summed E-state index contributed by atoms with van der Waals surface area (Å²) in [5.74, 6) is -23.9. The molecular formula is C89H129N23O25. The summed E-state index contributed by atoms with van der Waals surface area (Å²) in [6.07, 6.45) is -4.68. The minimum absolute atomic E-state index is 0.0186. The third-order valence-electron chi connectivity index (χ3n) is 22.6. The molecule has 0 bridgehead atoms. The number of phenolic OH excluding ortho intramolecular Hbond substituents is 1. The van der Waals surface area contributed by atoms with Crippen LogP contribution in [0.5, 0.6) is 5.75 Å². The number of amides is 17. The molecule has 1 aromatic heterocycles. The number of primary amides is 3. The van der Waals surface area contributed by atoms with Gasteiger partial charge in [-0.05, 0) is 150 Å². The number of carbonyl (C=O) groups is 20. The van der Waals surface area contributed by atoms with E-state index < -0.39 is 285 Å². The summed E-state index contributed by atoms with van der Waals surface area (Å²) >= 11 is 0. The number of carboxylic acids is 3. The number of guanidine groups is 1. The number of unbranched alkanes of at least 4 members (excludes halogenated alkanes) is 1. The molecule has 137 heavy (non-hydrogen) atoms. The van der Waals surface area contributed by atoms with E-state index in [4.69, 9.17) is 39.8 Å². The molecule has 750 valence electrons. The van der Waals surface area contributed by atoms with Crippen molar-refractivity contribution in [3.63, 3.8) is 0 Å². The zero-order valence-electron chi connectivity index (χ0n) is 76.7. The lowest BCUT2D eigenvalue weighted by Gasteiger charge is -2.31. The number of likely N-dealkylation sites (tertiary alicyclic amines) is 2. The number of aromatic nitrogens is 1. The van der Waals surface area contributed by atoms with Gasteiger partial charge >= 0.3 is 17.9 Å². The van der Waals surface area contributed by atoms with E-state index in [9.17, 15) is 97.5 Å². The van der Waals surface area contributed by atoms with Gasteiger partial charge < -0.3 is 144 Å². The van der Waals surface area contributed by atoms with Crippen LogP contribution in [0.15, 0.2) is 85.1 Å². The van der Waals surface area contributed by atoms with E-state index in [2.05, 4.69) is 74.1 Å². The van der Waals surface area contributed by atoms with Gasteiger partial charge in [-0.25, -0.2) is 4.79 Å². The summed E-state index contributed by atoms with van der Waals surface area (Å²) in [5, 5.41) is 90.2. The molecule has 0 radical (unpaired) electrons. The summed E-state index contributed by atoms with van der Waals surface area (Å²) in [7, 11) is 0. The minimum atomic E-state index is -2.01. The molecule has 6 rings (SSSR count).